The molecular weight excluding hydrogens is 363 g/mol. The summed E-state index contributed by atoms with van der Waals surface area (Å²) in [5, 5.41) is 9.22. The largest absolute Gasteiger partial charge is 0.417 e. The molecule has 4 nitrogen and oxygen atoms in total. The molecule has 136 valence electrons. The van der Waals surface area contributed by atoms with Crippen LogP contribution in [-0.2, 0) is 11.0 Å². The van der Waals surface area contributed by atoms with E-state index in [0.29, 0.717) is 12.3 Å². The molecule has 1 saturated carbocycles. The number of nitrogens with zero attached hydrogens (tertiary/aromatic N) is 3. The Balaban J connectivity index is 1.71. The number of hydrogen-bond acceptors (Lipinski definition) is 3. The van der Waals surface area contributed by atoms with Crippen LogP contribution in [0.15, 0.2) is 18.2 Å². The van der Waals surface area contributed by atoms with E-state index in [0.717, 1.165) is 37.8 Å². The number of halogens is 3. The van der Waals surface area contributed by atoms with E-state index < -0.39 is 17.3 Å². The van der Waals surface area contributed by atoms with Crippen LogP contribution >= 0.6 is 12.2 Å². The Hall–Kier alpha value is -2.14. The third-order valence-electron chi connectivity index (χ3n) is 5.69. The molecule has 0 radical (unpaired) electrons. The van der Waals surface area contributed by atoms with Crippen LogP contribution in [0.3, 0.4) is 0 Å². The Morgan fingerprint density at radius 2 is 1.96 bits per heavy atom. The molecule has 3 aliphatic rings. The minimum absolute atomic E-state index is 0.0769. The third kappa shape index (κ3) is 2.49. The highest BCUT2D eigenvalue weighted by Gasteiger charge is 2.54. The molecule has 1 aromatic carbocycles. The second-order valence-electron chi connectivity index (χ2n) is 7.07. The van der Waals surface area contributed by atoms with Crippen LogP contribution in [0.1, 0.15) is 43.2 Å². The molecule has 3 unspecified atom stereocenters. The topological polar surface area (TPSA) is 47.3 Å². The molecule has 2 saturated heterocycles. The Bertz CT molecular complexity index is 832. The van der Waals surface area contributed by atoms with Gasteiger partial charge in [0.25, 0.3) is 5.91 Å². The van der Waals surface area contributed by atoms with Gasteiger partial charge in [0.2, 0.25) is 0 Å². The molecule has 0 aromatic heterocycles. The van der Waals surface area contributed by atoms with Gasteiger partial charge in [-0.25, -0.2) is 0 Å². The third-order valence-corrected chi connectivity index (χ3v) is 6.09. The average molecular weight is 379 g/mol. The number of nitriles is 1. The van der Waals surface area contributed by atoms with E-state index in [4.69, 9.17) is 17.5 Å². The first-order valence-electron chi connectivity index (χ1n) is 8.60. The fourth-order valence-corrected chi connectivity index (χ4v) is 5.01. The summed E-state index contributed by atoms with van der Waals surface area (Å²) in [7, 11) is 0. The first-order valence-corrected chi connectivity index (χ1v) is 9.01. The van der Waals surface area contributed by atoms with Crippen molar-refractivity contribution in [3.8, 4) is 6.07 Å². The van der Waals surface area contributed by atoms with Crippen molar-refractivity contribution in [3.05, 3.63) is 29.3 Å². The Morgan fingerprint density at radius 1 is 1.23 bits per heavy atom. The molecule has 3 atom stereocenters. The van der Waals surface area contributed by atoms with E-state index in [9.17, 15) is 18.0 Å². The van der Waals surface area contributed by atoms with Gasteiger partial charge < -0.3 is 4.90 Å². The van der Waals surface area contributed by atoms with Gasteiger partial charge in [0.05, 0.1) is 22.9 Å². The zero-order valence-electron chi connectivity index (χ0n) is 13.8. The summed E-state index contributed by atoms with van der Waals surface area (Å²) >= 11 is 5.49. The summed E-state index contributed by atoms with van der Waals surface area (Å²) < 4.78 is 39.8. The second kappa shape index (κ2) is 5.95. The lowest BCUT2D eigenvalue weighted by Gasteiger charge is -2.32. The van der Waals surface area contributed by atoms with Gasteiger partial charge in [-0.3, -0.25) is 9.69 Å². The summed E-state index contributed by atoms with van der Waals surface area (Å²) in [6.45, 7) is 0. The molecular formula is C18H16F3N3OS. The van der Waals surface area contributed by atoms with Crippen LogP contribution in [0.25, 0.3) is 0 Å². The smallest absolute Gasteiger partial charge is 0.333 e. The average Bonchev–Trinajstić information content (AvgIpc) is 3.10. The Morgan fingerprint density at radius 3 is 2.65 bits per heavy atom. The monoisotopic (exact) mass is 379 g/mol. The van der Waals surface area contributed by atoms with Gasteiger partial charge in [-0.05, 0) is 55.6 Å². The van der Waals surface area contributed by atoms with Crippen LogP contribution in [-0.4, -0.2) is 28.0 Å². The summed E-state index contributed by atoms with van der Waals surface area (Å²) in [6.07, 6.45) is 0.304. The van der Waals surface area contributed by atoms with Crippen molar-refractivity contribution in [2.75, 3.05) is 4.90 Å². The predicted octanol–water partition coefficient (Wildman–Crippen LogP) is 3.84. The molecule has 2 heterocycles. The number of benzene rings is 1. The van der Waals surface area contributed by atoms with Crippen LogP contribution in [0, 0.1) is 17.2 Å². The lowest BCUT2D eigenvalue weighted by atomic mass is 9.84. The van der Waals surface area contributed by atoms with Crippen LogP contribution in [0.2, 0.25) is 0 Å². The first-order chi connectivity index (χ1) is 12.3. The standard InChI is InChI=1S/C18H16F3N3OS/c19-18(20,21)13-8-12(6-5-11(13)9-22)23-16(25)15-7-10-3-1-2-4-14(10)24(15)17(23)26/h5-6,8,10,14-15H,1-4,7H2. The number of thiocarbonyl (C=S) groups is 1. The molecule has 1 aliphatic carbocycles. The zero-order valence-corrected chi connectivity index (χ0v) is 14.6. The van der Waals surface area contributed by atoms with E-state index in [-0.39, 0.29) is 28.8 Å². The molecule has 3 fully saturated rings. The molecule has 1 aromatic rings. The highest BCUT2D eigenvalue weighted by Crippen LogP contribution is 2.45. The summed E-state index contributed by atoms with van der Waals surface area (Å²) in [5.74, 6) is 0.173. The van der Waals surface area contributed by atoms with Gasteiger partial charge in [-0.2, -0.15) is 18.4 Å². The normalized spacial score (nSPS) is 28.2. The quantitative estimate of drug-likeness (QED) is 0.696. The number of carbonyl (C=O) groups excluding carboxylic acids is 1. The van der Waals surface area contributed by atoms with Crippen molar-refractivity contribution < 1.29 is 18.0 Å². The number of anilines is 1. The highest BCUT2D eigenvalue weighted by atomic mass is 32.1. The van der Waals surface area contributed by atoms with Gasteiger partial charge in [0.1, 0.15) is 6.04 Å². The van der Waals surface area contributed by atoms with Gasteiger partial charge in [0, 0.05) is 6.04 Å². The molecule has 26 heavy (non-hydrogen) atoms. The van der Waals surface area contributed by atoms with Gasteiger partial charge in [0.15, 0.2) is 5.11 Å². The van der Waals surface area contributed by atoms with Gasteiger partial charge in [-0.1, -0.05) is 12.8 Å². The minimum Gasteiger partial charge on any atom is -0.333 e. The fourth-order valence-electron chi connectivity index (χ4n) is 4.56. The Labute approximate surface area is 154 Å². The first kappa shape index (κ1) is 17.3. The molecule has 2 aliphatic heterocycles. The minimum atomic E-state index is -4.67. The van der Waals surface area contributed by atoms with Crippen molar-refractivity contribution in [2.45, 2.75) is 50.4 Å². The van der Waals surface area contributed by atoms with Gasteiger partial charge in [-0.15, -0.1) is 0 Å². The molecule has 0 N–H and O–H groups in total. The van der Waals surface area contributed by atoms with E-state index in [1.54, 1.807) is 6.07 Å². The maximum absolute atomic E-state index is 13.3. The predicted molar refractivity (Wildman–Crippen MR) is 92.2 cm³/mol. The van der Waals surface area contributed by atoms with Crippen molar-refractivity contribution in [1.82, 2.24) is 4.90 Å². The Kier molecular flexibility index (Phi) is 3.95. The van der Waals surface area contributed by atoms with Crippen molar-refractivity contribution >= 4 is 28.9 Å². The molecule has 1 amide bonds. The fraction of sp³-hybridized carbons (Fsp3) is 0.500. The zero-order chi connectivity index (χ0) is 18.6. The maximum atomic E-state index is 13.3. The number of fused-ring (bicyclic) bond motifs is 3. The van der Waals surface area contributed by atoms with E-state index in [1.807, 2.05) is 4.90 Å². The van der Waals surface area contributed by atoms with Crippen molar-refractivity contribution in [2.24, 2.45) is 5.92 Å². The number of amides is 1. The van der Waals surface area contributed by atoms with Crippen LogP contribution in [0.5, 0.6) is 0 Å². The van der Waals surface area contributed by atoms with E-state index in [1.165, 1.54) is 11.0 Å². The van der Waals surface area contributed by atoms with E-state index in [2.05, 4.69) is 0 Å². The van der Waals surface area contributed by atoms with Gasteiger partial charge >= 0.3 is 6.18 Å². The summed E-state index contributed by atoms with van der Waals surface area (Å²) in [6, 6.07) is 4.69. The highest BCUT2D eigenvalue weighted by molar-refractivity contribution is 7.80. The lowest BCUT2D eigenvalue weighted by molar-refractivity contribution is -0.137. The van der Waals surface area contributed by atoms with Crippen molar-refractivity contribution in [3.63, 3.8) is 0 Å². The van der Waals surface area contributed by atoms with Crippen LogP contribution < -0.4 is 4.90 Å². The maximum Gasteiger partial charge on any atom is 0.417 e. The molecule has 8 heteroatoms. The molecule has 0 spiro atoms. The number of hydrogen-bond donors (Lipinski definition) is 0. The second-order valence-corrected chi connectivity index (χ2v) is 7.43. The summed E-state index contributed by atoms with van der Waals surface area (Å²) in [5.41, 5.74) is -1.43. The molecule has 0 bridgehead atoms. The summed E-state index contributed by atoms with van der Waals surface area (Å²) in [4.78, 5) is 16.1. The lowest BCUT2D eigenvalue weighted by Crippen LogP contribution is -2.41. The molecule has 4 rings (SSSR count). The number of alkyl halides is 3. The van der Waals surface area contributed by atoms with Crippen molar-refractivity contribution in [1.29, 1.82) is 5.26 Å². The van der Waals surface area contributed by atoms with Crippen LogP contribution in [0.4, 0.5) is 18.9 Å². The number of carbonyl (C=O) groups is 1. The van der Waals surface area contributed by atoms with E-state index >= 15 is 0 Å². The SMILES string of the molecule is N#Cc1ccc(N2C(=O)C3CC4CCCCC4N3C2=S)cc1C(F)(F)F. The number of rotatable bonds is 1.